The van der Waals surface area contributed by atoms with Gasteiger partial charge < -0.3 is 4.74 Å². The van der Waals surface area contributed by atoms with Crippen molar-refractivity contribution in [2.45, 2.75) is 27.2 Å². The van der Waals surface area contributed by atoms with Crippen molar-refractivity contribution in [2.24, 2.45) is 5.92 Å². The number of hydrogen-bond acceptors (Lipinski definition) is 1. The summed E-state index contributed by atoms with van der Waals surface area (Å²) in [6.45, 7) is 7.10. The Labute approximate surface area is 91.0 Å². The Morgan fingerprint density at radius 1 is 1.43 bits per heavy atom. The van der Waals surface area contributed by atoms with Crippen LogP contribution >= 0.6 is 11.6 Å². The molecule has 0 aliphatic rings. The van der Waals surface area contributed by atoms with Crippen molar-refractivity contribution in [1.82, 2.24) is 0 Å². The van der Waals surface area contributed by atoms with Crippen LogP contribution in [0.3, 0.4) is 0 Å². The van der Waals surface area contributed by atoms with Gasteiger partial charge in [-0.3, -0.25) is 0 Å². The zero-order valence-corrected chi connectivity index (χ0v) is 9.77. The fourth-order valence-electron chi connectivity index (χ4n) is 1.07. The lowest BCUT2D eigenvalue weighted by molar-refractivity contribution is 0.256. The lowest BCUT2D eigenvalue weighted by atomic mass is 10.1. The van der Waals surface area contributed by atoms with Crippen LogP contribution in [0.25, 0.3) is 0 Å². The monoisotopic (exact) mass is 212 g/mol. The van der Waals surface area contributed by atoms with Crippen molar-refractivity contribution >= 4 is 11.6 Å². The molecule has 0 spiro atoms. The normalized spacial score (nSPS) is 12.6. The molecule has 0 heterocycles. The van der Waals surface area contributed by atoms with E-state index in [1.165, 1.54) is 5.56 Å². The number of aryl methyl sites for hydroxylation is 1. The summed E-state index contributed by atoms with van der Waals surface area (Å²) < 4.78 is 5.64. The Kier molecular flexibility index (Phi) is 4.27. The van der Waals surface area contributed by atoms with Gasteiger partial charge in [0.1, 0.15) is 5.75 Å². The van der Waals surface area contributed by atoms with E-state index in [0.29, 0.717) is 10.9 Å². The van der Waals surface area contributed by atoms with Crippen LogP contribution in [0.2, 0.25) is 5.02 Å². The fourth-order valence-corrected chi connectivity index (χ4v) is 1.24. The summed E-state index contributed by atoms with van der Waals surface area (Å²) in [5.41, 5.74) is 1.17. The summed E-state index contributed by atoms with van der Waals surface area (Å²) in [4.78, 5) is 0. The second-order valence-electron chi connectivity index (χ2n) is 3.76. The molecule has 1 aromatic rings. The second kappa shape index (κ2) is 5.26. The molecule has 1 atom stereocenters. The molecule has 1 nitrogen and oxygen atoms in total. The molecule has 0 saturated carbocycles. The maximum Gasteiger partial charge on any atom is 0.138 e. The van der Waals surface area contributed by atoms with Crippen molar-refractivity contribution in [2.75, 3.05) is 6.61 Å². The predicted molar refractivity (Wildman–Crippen MR) is 61.1 cm³/mol. The van der Waals surface area contributed by atoms with E-state index in [4.69, 9.17) is 16.3 Å². The van der Waals surface area contributed by atoms with Gasteiger partial charge in [0.25, 0.3) is 0 Å². The molecule has 0 amide bonds. The number of hydrogen-bond donors (Lipinski definition) is 0. The smallest absolute Gasteiger partial charge is 0.138 e. The van der Waals surface area contributed by atoms with Crippen LogP contribution < -0.4 is 4.74 Å². The molecule has 78 valence electrons. The Hall–Kier alpha value is -0.690. The molecule has 0 aromatic heterocycles. The van der Waals surface area contributed by atoms with Crippen LogP contribution in [-0.2, 0) is 0 Å². The van der Waals surface area contributed by atoms with E-state index in [1.54, 1.807) is 0 Å². The first kappa shape index (κ1) is 11.4. The van der Waals surface area contributed by atoms with Crippen LogP contribution in [-0.4, -0.2) is 6.61 Å². The number of ether oxygens (including phenoxy) is 1. The highest BCUT2D eigenvalue weighted by Crippen LogP contribution is 2.25. The van der Waals surface area contributed by atoms with Gasteiger partial charge >= 0.3 is 0 Å². The first-order valence-corrected chi connectivity index (χ1v) is 5.40. The van der Waals surface area contributed by atoms with Crippen molar-refractivity contribution in [3.05, 3.63) is 28.8 Å². The third-order valence-electron chi connectivity index (χ3n) is 2.31. The highest BCUT2D eigenvalue weighted by atomic mass is 35.5. The molecule has 1 rings (SSSR count). The largest absolute Gasteiger partial charge is 0.492 e. The molecule has 0 N–H and O–H groups in total. The van der Waals surface area contributed by atoms with E-state index < -0.39 is 0 Å². The molecule has 0 bridgehead atoms. The molecule has 2 heteroatoms. The molecule has 0 saturated heterocycles. The molecule has 0 fully saturated rings. The van der Waals surface area contributed by atoms with Crippen LogP contribution in [0.4, 0.5) is 0 Å². The van der Waals surface area contributed by atoms with E-state index in [1.807, 2.05) is 25.1 Å². The number of halogens is 1. The highest BCUT2D eigenvalue weighted by molar-refractivity contribution is 6.32. The van der Waals surface area contributed by atoms with Gasteiger partial charge in [0, 0.05) is 0 Å². The summed E-state index contributed by atoms with van der Waals surface area (Å²) >= 11 is 6.00. The first-order valence-electron chi connectivity index (χ1n) is 5.02. The van der Waals surface area contributed by atoms with Gasteiger partial charge in [0.05, 0.1) is 11.6 Å². The maximum atomic E-state index is 6.00. The van der Waals surface area contributed by atoms with Gasteiger partial charge in [-0.1, -0.05) is 37.9 Å². The van der Waals surface area contributed by atoms with E-state index in [2.05, 4.69) is 13.8 Å². The Balaban J connectivity index is 2.62. The standard InChI is InChI=1S/C12H17ClO/c1-4-9(2)8-14-12-7-10(3)5-6-11(12)13/h5-7,9H,4,8H2,1-3H3. The van der Waals surface area contributed by atoms with Gasteiger partial charge in [-0.05, 0) is 30.5 Å². The van der Waals surface area contributed by atoms with Gasteiger partial charge in [-0.15, -0.1) is 0 Å². The second-order valence-corrected chi connectivity index (χ2v) is 4.17. The molecular formula is C12H17ClO. The lowest BCUT2D eigenvalue weighted by Gasteiger charge is -2.12. The van der Waals surface area contributed by atoms with Crippen LogP contribution in [0.5, 0.6) is 5.75 Å². The average molecular weight is 213 g/mol. The SMILES string of the molecule is CCC(C)COc1cc(C)ccc1Cl. The third kappa shape index (κ3) is 3.22. The molecular weight excluding hydrogens is 196 g/mol. The minimum Gasteiger partial charge on any atom is -0.492 e. The quantitative estimate of drug-likeness (QED) is 0.731. The van der Waals surface area contributed by atoms with E-state index in [9.17, 15) is 0 Å². The van der Waals surface area contributed by atoms with E-state index >= 15 is 0 Å². The average Bonchev–Trinajstić information content (AvgIpc) is 2.19. The van der Waals surface area contributed by atoms with Crippen molar-refractivity contribution in [1.29, 1.82) is 0 Å². The zero-order chi connectivity index (χ0) is 10.6. The molecule has 0 radical (unpaired) electrons. The lowest BCUT2D eigenvalue weighted by Crippen LogP contribution is -2.07. The van der Waals surface area contributed by atoms with Crippen molar-refractivity contribution < 1.29 is 4.74 Å². The molecule has 1 unspecified atom stereocenters. The molecule has 14 heavy (non-hydrogen) atoms. The van der Waals surface area contributed by atoms with E-state index in [-0.39, 0.29) is 0 Å². The maximum absolute atomic E-state index is 6.00. The molecule has 0 aliphatic carbocycles. The Morgan fingerprint density at radius 3 is 2.79 bits per heavy atom. The minimum absolute atomic E-state index is 0.576. The van der Waals surface area contributed by atoms with Crippen molar-refractivity contribution in [3.8, 4) is 5.75 Å². The number of rotatable bonds is 4. The van der Waals surface area contributed by atoms with Crippen LogP contribution in [0.1, 0.15) is 25.8 Å². The first-order chi connectivity index (χ1) is 6.63. The topological polar surface area (TPSA) is 9.23 Å². The third-order valence-corrected chi connectivity index (χ3v) is 2.62. The molecule has 1 aromatic carbocycles. The zero-order valence-electron chi connectivity index (χ0n) is 9.01. The summed E-state index contributed by atoms with van der Waals surface area (Å²) in [6, 6.07) is 5.84. The Bertz CT molecular complexity index is 296. The summed E-state index contributed by atoms with van der Waals surface area (Å²) in [5.74, 6) is 1.37. The van der Waals surface area contributed by atoms with E-state index in [0.717, 1.165) is 18.8 Å². The van der Waals surface area contributed by atoms with Crippen LogP contribution in [0, 0.1) is 12.8 Å². The minimum atomic E-state index is 0.576. The molecule has 0 aliphatic heterocycles. The Morgan fingerprint density at radius 2 is 2.14 bits per heavy atom. The van der Waals surface area contributed by atoms with Crippen molar-refractivity contribution in [3.63, 3.8) is 0 Å². The fraction of sp³-hybridized carbons (Fsp3) is 0.500. The highest BCUT2D eigenvalue weighted by Gasteiger charge is 2.04. The van der Waals surface area contributed by atoms with Gasteiger partial charge in [-0.2, -0.15) is 0 Å². The van der Waals surface area contributed by atoms with Gasteiger partial charge in [-0.25, -0.2) is 0 Å². The summed E-state index contributed by atoms with van der Waals surface area (Å²) in [6.07, 6.45) is 1.13. The summed E-state index contributed by atoms with van der Waals surface area (Å²) in [7, 11) is 0. The predicted octanol–water partition coefficient (Wildman–Crippen LogP) is 4.07. The van der Waals surface area contributed by atoms with Gasteiger partial charge in [0.2, 0.25) is 0 Å². The number of benzene rings is 1. The van der Waals surface area contributed by atoms with Gasteiger partial charge in [0.15, 0.2) is 0 Å². The van der Waals surface area contributed by atoms with Crippen LogP contribution in [0.15, 0.2) is 18.2 Å². The summed E-state index contributed by atoms with van der Waals surface area (Å²) in [5, 5.41) is 0.693.